The van der Waals surface area contributed by atoms with Gasteiger partial charge in [-0.3, -0.25) is 14.9 Å². The maximum absolute atomic E-state index is 12.1. The van der Waals surface area contributed by atoms with Gasteiger partial charge in [0.25, 0.3) is 5.69 Å². The van der Waals surface area contributed by atoms with Gasteiger partial charge in [0.15, 0.2) is 0 Å². The molecule has 11 heteroatoms. The minimum Gasteiger partial charge on any atom is -0.460 e. The highest BCUT2D eigenvalue weighted by Gasteiger charge is 2.43. The molecule has 1 saturated heterocycles. The van der Waals surface area contributed by atoms with E-state index in [0.717, 1.165) is 0 Å². The van der Waals surface area contributed by atoms with Gasteiger partial charge in [0.1, 0.15) is 18.8 Å². The molecular formula is C15H15F3N2O6. The van der Waals surface area contributed by atoms with Crippen molar-refractivity contribution in [1.82, 2.24) is 5.32 Å². The molecule has 0 aromatic heterocycles. The van der Waals surface area contributed by atoms with Crippen molar-refractivity contribution in [2.24, 2.45) is 0 Å². The van der Waals surface area contributed by atoms with Gasteiger partial charge in [-0.05, 0) is 30.5 Å². The van der Waals surface area contributed by atoms with Crippen LogP contribution in [0.15, 0.2) is 24.3 Å². The number of nitro benzene ring substituents is 1. The number of alkyl halides is 3. The Kier molecular flexibility index (Phi) is 6.14. The highest BCUT2D eigenvalue weighted by Crippen LogP contribution is 2.21. The van der Waals surface area contributed by atoms with Crippen molar-refractivity contribution in [2.45, 2.75) is 37.8 Å². The first kappa shape index (κ1) is 19.6. The lowest BCUT2D eigenvalue weighted by molar-refractivity contribution is -0.384. The maximum Gasteiger partial charge on any atom is 0.490 e. The van der Waals surface area contributed by atoms with Gasteiger partial charge in [-0.2, -0.15) is 13.2 Å². The summed E-state index contributed by atoms with van der Waals surface area (Å²) in [5.74, 6) is -2.87. The lowest BCUT2D eigenvalue weighted by Gasteiger charge is -2.28. The van der Waals surface area contributed by atoms with Crippen molar-refractivity contribution in [3.05, 3.63) is 39.9 Å². The third kappa shape index (κ3) is 5.41. The van der Waals surface area contributed by atoms with Gasteiger partial charge in [-0.25, -0.2) is 4.79 Å². The number of piperidine rings is 1. The molecule has 1 aromatic carbocycles. The van der Waals surface area contributed by atoms with Crippen LogP contribution in [0.3, 0.4) is 0 Å². The van der Waals surface area contributed by atoms with Crippen molar-refractivity contribution in [3.63, 3.8) is 0 Å². The van der Waals surface area contributed by atoms with E-state index in [1.54, 1.807) is 0 Å². The number of non-ortho nitro benzene ring substituents is 1. The number of nitrogens with zero attached hydrogens (tertiary/aromatic N) is 1. The van der Waals surface area contributed by atoms with E-state index >= 15 is 0 Å². The van der Waals surface area contributed by atoms with E-state index in [1.807, 2.05) is 0 Å². The zero-order chi connectivity index (χ0) is 19.3. The van der Waals surface area contributed by atoms with Crippen molar-refractivity contribution in [3.8, 4) is 0 Å². The number of carbonyl (C=O) groups is 2. The first-order valence-corrected chi connectivity index (χ1v) is 7.58. The molecule has 1 fully saturated rings. The number of nitro groups is 1. The van der Waals surface area contributed by atoms with Crippen LogP contribution in [0.1, 0.15) is 18.4 Å². The van der Waals surface area contributed by atoms with Gasteiger partial charge in [0.05, 0.1) is 4.92 Å². The maximum atomic E-state index is 12.1. The van der Waals surface area contributed by atoms with Crippen LogP contribution in [0.25, 0.3) is 0 Å². The van der Waals surface area contributed by atoms with E-state index in [1.165, 1.54) is 24.3 Å². The SMILES string of the molecule is O=C(OCc1ccc([N+](=O)[O-])cc1)[C@@H]1CC[C@H](OC(=O)C(F)(F)F)CN1. The number of hydrogen-bond acceptors (Lipinski definition) is 7. The van der Waals surface area contributed by atoms with Crippen LogP contribution in [-0.4, -0.2) is 41.7 Å². The van der Waals surface area contributed by atoms with Gasteiger partial charge >= 0.3 is 18.1 Å². The number of benzene rings is 1. The fourth-order valence-corrected chi connectivity index (χ4v) is 2.32. The third-order valence-corrected chi connectivity index (χ3v) is 3.69. The quantitative estimate of drug-likeness (QED) is 0.475. The Labute approximate surface area is 145 Å². The number of nitrogens with one attached hydrogen (secondary N) is 1. The minimum absolute atomic E-state index is 0.0894. The Morgan fingerprint density at radius 3 is 2.38 bits per heavy atom. The van der Waals surface area contributed by atoms with Crippen molar-refractivity contribution >= 4 is 17.6 Å². The smallest absolute Gasteiger partial charge is 0.460 e. The van der Waals surface area contributed by atoms with Gasteiger partial charge in [-0.1, -0.05) is 0 Å². The summed E-state index contributed by atoms with van der Waals surface area (Å²) in [6.45, 7) is -0.194. The fraction of sp³-hybridized carbons (Fsp3) is 0.467. The summed E-state index contributed by atoms with van der Waals surface area (Å²) in [5.41, 5.74) is 0.463. The predicted octanol–water partition coefficient (Wildman–Crippen LogP) is 1.86. The summed E-state index contributed by atoms with van der Waals surface area (Å²) in [4.78, 5) is 32.7. The molecule has 0 bridgehead atoms. The Morgan fingerprint density at radius 1 is 1.23 bits per heavy atom. The molecule has 0 spiro atoms. The van der Waals surface area contributed by atoms with Gasteiger partial charge in [0.2, 0.25) is 0 Å². The monoisotopic (exact) mass is 376 g/mol. The number of ether oxygens (including phenoxy) is 2. The summed E-state index contributed by atoms with van der Waals surface area (Å²) < 4.78 is 45.8. The molecule has 0 aliphatic carbocycles. The zero-order valence-corrected chi connectivity index (χ0v) is 13.3. The second-order valence-electron chi connectivity index (χ2n) is 5.59. The van der Waals surface area contributed by atoms with Crippen LogP contribution in [0.4, 0.5) is 18.9 Å². The molecule has 8 nitrogen and oxygen atoms in total. The van der Waals surface area contributed by atoms with Crippen LogP contribution < -0.4 is 5.32 Å². The normalized spacial score (nSPS) is 20.3. The van der Waals surface area contributed by atoms with E-state index in [4.69, 9.17) is 4.74 Å². The molecule has 0 radical (unpaired) electrons. The average Bonchev–Trinajstić information content (AvgIpc) is 2.59. The number of rotatable bonds is 5. The zero-order valence-electron chi connectivity index (χ0n) is 13.3. The van der Waals surface area contributed by atoms with E-state index in [9.17, 15) is 32.9 Å². The Balaban J connectivity index is 1.76. The van der Waals surface area contributed by atoms with Crippen LogP contribution in [0.2, 0.25) is 0 Å². The highest BCUT2D eigenvalue weighted by molar-refractivity contribution is 5.76. The molecular weight excluding hydrogens is 361 g/mol. The van der Waals surface area contributed by atoms with Gasteiger partial charge < -0.3 is 14.8 Å². The first-order chi connectivity index (χ1) is 12.2. The summed E-state index contributed by atoms with van der Waals surface area (Å²) in [5, 5.41) is 13.2. The summed E-state index contributed by atoms with van der Waals surface area (Å²) >= 11 is 0. The summed E-state index contributed by atoms with van der Waals surface area (Å²) in [6.07, 6.45) is -5.79. The van der Waals surface area contributed by atoms with Crippen molar-refractivity contribution in [2.75, 3.05) is 6.54 Å². The third-order valence-electron chi connectivity index (χ3n) is 3.69. The molecule has 1 N–H and O–H groups in total. The van der Waals surface area contributed by atoms with E-state index in [2.05, 4.69) is 10.1 Å². The molecule has 0 amide bonds. The largest absolute Gasteiger partial charge is 0.490 e. The molecule has 26 heavy (non-hydrogen) atoms. The summed E-state index contributed by atoms with van der Waals surface area (Å²) in [7, 11) is 0. The first-order valence-electron chi connectivity index (χ1n) is 7.58. The molecule has 142 valence electrons. The lowest BCUT2D eigenvalue weighted by atomic mass is 10.0. The molecule has 1 aromatic rings. The van der Waals surface area contributed by atoms with Crippen LogP contribution in [0.5, 0.6) is 0 Å². The molecule has 0 unspecified atom stereocenters. The average molecular weight is 376 g/mol. The van der Waals surface area contributed by atoms with E-state index < -0.39 is 35.2 Å². The number of carbonyl (C=O) groups excluding carboxylic acids is 2. The topological polar surface area (TPSA) is 108 Å². The van der Waals surface area contributed by atoms with E-state index in [0.29, 0.717) is 5.56 Å². The fourth-order valence-electron chi connectivity index (χ4n) is 2.32. The second kappa shape index (κ2) is 8.13. The van der Waals surface area contributed by atoms with Crippen molar-refractivity contribution < 1.29 is 37.2 Å². The lowest BCUT2D eigenvalue weighted by Crippen LogP contribution is -2.48. The van der Waals surface area contributed by atoms with Gasteiger partial charge in [0, 0.05) is 18.7 Å². The van der Waals surface area contributed by atoms with Crippen LogP contribution >= 0.6 is 0 Å². The highest BCUT2D eigenvalue weighted by atomic mass is 19.4. The molecule has 1 heterocycles. The molecule has 2 atom stereocenters. The van der Waals surface area contributed by atoms with Gasteiger partial charge in [-0.15, -0.1) is 0 Å². The van der Waals surface area contributed by atoms with Crippen LogP contribution in [-0.2, 0) is 25.7 Å². The molecule has 2 rings (SSSR count). The molecule has 0 saturated carbocycles. The molecule has 1 aliphatic rings. The van der Waals surface area contributed by atoms with Crippen LogP contribution in [0, 0.1) is 10.1 Å². The number of halogens is 3. The predicted molar refractivity (Wildman–Crippen MR) is 79.9 cm³/mol. The minimum atomic E-state index is -5.06. The van der Waals surface area contributed by atoms with Crippen molar-refractivity contribution in [1.29, 1.82) is 0 Å². The molecule has 1 aliphatic heterocycles. The Bertz CT molecular complexity index is 669. The summed E-state index contributed by atoms with van der Waals surface area (Å²) in [6, 6.07) is 4.73. The number of esters is 2. The van der Waals surface area contributed by atoms with E-state index in [-0.39, 0.29) is 31.7 Å². The Hall–Kier alpha value is -2.69. The Morgan fingerprint density at radius 2 is 1.88 bits per heavy atom. The standard InChI is InChI=1S/C15H15F3N2O6/c16-15(17,18)14(22)26-11-5-6-12(19-7-11)13(21)25-8-9-1-3-10(4-2-9)20(23)24/h1-4,11-12,19H,5-8H2/t11-,12-/m0/s1. The number of hydrogen-bond donors (Lipinski definition) is 1. The second-order valence-corrected chi connectivity index (χ2v) is 5.59.